The van der Waals surface area contributed by atoms with E-state index in [-0.39, 0.29) is 16.8 Å². The number of benzene rings is 2. The molecule has 0 heterocycles. The number of carbonyl (C=O) groups excluding carboxylic acids is 1. The first kappa shape index (κ1) is 19.5. The van der Waals surface area contributed by atoms with Crippen molar-refractivity contribution in [2.24, 2.45) is 0 Å². The molecule has 0 unspecified atom stereocenters. The quantitative estimate of drug-likeness (QED) is 0.512. The van der Waals surface area contributed by atoms with Gasteiger partial charge < -0.3 is 4.74 Å². The summed E-state index contributed by atoms with van der Waals surface area (Å²) in [5.41, 5.74) is 1.63. The number of Topliss-reactive ketones (excluding diaryl/α,β-unsaturated/α-hetero) is 1. The van der Waals surface area contributed by atoms with Gasteiger partial charge in [-0.1, -0.05) is 46.3 Å². The summed E-state index contributed by atoms with van der Waals surface area (Å²) in [5, 5.41) is -0.446. The summed E-state index contributed by atoms with van der Waals surface area (Å²) in [6, 6.07) is 14.3. The van der Waals surface area contributed by atoms with Crippen molar-refractivity contribution in [2.75, 3.05) is 10.1 Å². The first-order valence-corrected chi connectivity index (χ1v) is 10.4. The monoisotopic (exact) mass is 425 g/mol. The van der Waals surface area contributed by atoms with Crippen LogP contribution >= 0.6 is 15.9 Å². The van der Waals surface area contributed by atoms with Crippen LogP contribution in [-0.2, 0) is 16.6 Å². The first-order chi connectivity index (χ1) is 11.8. The summed E-state index contributed by atoms with van der Waals surface area (Å²) in [7, 11) is -3.56. The zero-order valence-corrected chi connectivity index (χ0v) is 16.4. The van der Waals surface area contributed by atoms with E-state index in [1.807, 2.05) is 30.3 Å². The molecule has 0 spiro atoms. The summed E-state index contributed by atoms with van der Waals surface area (Å²) in [6.07, 6.45) is 0. The van der Waals surface area contributed by atoms with Gasteiger partial charge in [-0.3, -0.25) is 9.52 Å². The largest absolute Gasteiger partial charge is 0.487 e. The molecule has 2 aromatic rings. The van der Waals surface area contributed by atoms with Gasteiger partial charge in [-0.25, -0.2) is 8.42 Å². The molecule has 0 saturated heterocycles. The fourth-order valence-corrected chi connectivity index (χ4v) is 3.02. The average molecular weight is 426 g/mol. The van der Waals surface area contributed by atoms with Crippen molar-refractivity contribution in [1.82, 2.24) is 0 Å². The number of hydrogen-bond donors (Lipinski definition) is 1. The second-order valence-electron chi connectivity index (χ2n) is 5.74. The smallest absolute Gasteiger partial charge is 0.235 e. The maximum Gasteiger partial charge on any atom is 0.235 e. The topological polar surface area (TPSA) is 72.5 Å². The molecule has 134 valence electrons. The van der Waals surface area contributed by atoms with Crippen LogP contribution in [0.25, 0.3) is 0 Å². The molecule has 0 aromatic heterocycles. The minimum absolute atomic E-state index is 0.139. The summed E-state index contributed by atoms with van der Waals surface area (Å²) >= 11 is 3.12. The Hall–Kier alpha value is -1.86. The number of rotatable bonds is 8. The first-order valence-electron chi connectivity index (χ1n) is 7.75. The van der Waals surface area contributed by atoms with Gasteiger partial charge in [-0.2, -0.15) is 0 Å². The van der Waals surface area contributed by atoms with E-state index in [0.29, 0.717) is 17.9 Å². The number of anilines is 1. The second kappa shape index (κ2) is 8.49. The van der Waals surface area contributed by atoms with Crippen LogP contribution in [0.2, 0.25) is 0 Å². The van der Waals surface area contributed by atoms with E-state index >= 15 is 0 Å². The van der Waals surface area contributed by atoms with Crippen molar-refractivity contribution in [3.05, 3.63) is 59.7 Å². The molecule has 0 radical (unpaired) electrons. The van der Waals surface area contributed by atoms with Crippen LogP contribution in [0.5, 0.6) is 5.75 Å². The number of halogens is 1. The maximum absolute atomic E-state index is 12.2. The van der Waals surface area contributed by atoms with Gasteiger partial charge in [-0.15, -0.1) is 0 Å². The van der Waals surface area contributed by atoms with Crippen molar-refractivity contribution < 1.29 is 17.9 Å². The molecule has 5 nitrogen and oxygen atoms in total. The molecule has 0 aliphatic heterocycles. The zero-order chi connectivity index (χ0) is 18.4. The van der Waals surface area contributed by atoms with Crippen LogP contribution in [0.1, 0.15) is 29.8 Å². The summed E-state index contributed by atoms with van der Waals surface area (Å²) in [5.74, 6) is 0.235. The second-order valence-corrected chi connectivity index (χ2v) is 8.54. The molecule has 7 heteroatoms. The van der Waals surface area contributed by atoms with Gasteiger partial charge >= 0.3 is 0 Å². The Morgan fingerprint density at radius 2 is 1.84 bits per heavy atom. The van der Waals surface area contributed by atoms with Crippen molar-refractivity contribution in [3.8, 4) is 5.75 Å². The Kier molecular flexibility index (Phi) is 6.61. The van der Waals surface area contributed by atoms with E-state index in [1.54, 1.807) is 26.0 Å². The number of carbonyl (C=O) groups is 1. The molecule has 0 saturated carbocycles. The van der Waals surface area contributed by atoms with Gasteiger partial charge in [-0.05, 0) is 37.6 Å². The molecule has 0 bridgehead atoms. The molecule has 1 N–H and O–H groups in total. The highest BCUT2D eigenvalue weighted by Crippen LogP contribution is 2.29. The molecular weight excluding hydrogens is 406 g/mol. The third-order valence-corrected chi connectivity index (χ3v) is 5.79. The van der Waals surface area contributed by atoms with Gasteiger partial charge in [0.1, 0.15) is 12.4 Å². The Morgan fingerprint density at radius 3 is 2.44 bits per heavy atom. The number of hydrogen-bond acceptors (Lipinski definition) is 4. The Morgan fingerprint density at radius 1 is 1.16 bits per heavy atom. The predicted octanol–water partition coefficient (Wildman–Crippen LogP) is 3.99. The molecule has 25 heavy (non-hydrogen) atoms. The number of nitrogens with one attached hydrogen (secondary N) is 1. The average Bonchev–Trinajstić information content (AvgIpc) is 2.60. The van der Waals surface area contributed by atoms with E-state index in [9.17, 15) is 13.2 Å². The lowest BCUT2D eigenvalue weighted by Gasteiger charge is -2.16. The fourth-order valence-electron chi connectivity index (χ4n) is 1.99. The van der Waals surface area contributed by atoms with Crippen molar-refractivity contribution >= 4 is 37.4 Å². The van der Waals surface area contributed by atoms with Gasteiger partial charge in [0.15, 0.2) is 5.78 Å². The van der Waals surface area contributed by atoms with Crippen molar-refractivity contribution in [3.63, 3.8) is 0 Å². The molecule has 0 aliphatic carbocycles. The molecule has 0 aliphatic rings. The normalized spacial score (nSPS) is 11.4. The van der Waals surface area contributed by atoms with E-state index in [2.05, 4.69) is 20.7 Å². The Bertz CT molecular complexity index is 835. The molecule has 0 atom stereocenters. The van der Waals surface area contributed by atoms with E-state index in [0.717, 1.165) is 5.56 Å². The third kappa shape index (κ3) is 5.31. The van der Waals surface area contributed by atoms with Crippen LogP contribution in [0.4, 0.5) is 5.69 Å². The summed E-state index contributed by atoms with van der Waals surface area (Å²) in [4.78, 5) is 11.9. The highest BCUT2D eigenvalue weighted by Gasteiger charge is 2.19. The summed E-state index contributed by atoms with van der Waals surface area (Å²) in [6.45, 7) is 3.46. The molecule has 0 fully saturated rings. The van der Waals surface area contributed by atoms with Crippen LogP contribution in [0, 0.1) is 0 Å². The van der Waals surface area contributed by atoms with Crippen molar-refractivity contribution in [2.45, 2.75) is 25.7 Å². The van der Waals surface area contributed by atoms with E-state index in [1.165, 1.54) is 6.07 Å². The standard InChI is InChI=1S/C18H20BrNO4S/c1-13(2)25(22,23)20-16-10-15(17(21)11-19)8-9-18(16)24-12-14-6-4-3-5-7-14/h3-10,13,20H,11-12H2,1-2H3. The zero-order valence-electron chi connectivity index (χ0n) is 14.0. The molecular formula is C18H20BrNO4S. The molecule has 2 rings (SSSR count). The predicted molar refractivity (Wildman–Crippen MR) is 103 cm³/mol. The lowest BCUT2D eigenvalue weighted by molar-refractivity contribution is 0.102. The minimum Gasteiger partial charge on any atom is -0.487 e. The van der Waals surface area contributed by atoms with Crippen molar-refractivity contribution in [1.29, 1.82) is 0 Å². The van der Waals surface area contributed by atoms with Gasteiger partial charge in [0.05, 0.1) is 16.3 Å². The highest BCUT2D eigenvalue weighted by atomic mass is 79.9. The van der Waals surface area contributed by atoms with Crippen LogP contribution in [0.15, 0.2) is 48.5 Å². The van der Waals surface area contributed by atoms with Crippen LogP contribution < -0.4 is 9.46 Å². The van der Waals surface area contributed by atoms with Crippen LogP contribution in [-0.4, -0.2) is 24.8 Å². The number of ketones is 1. The van der Waals surface area contributed by atoms with Gasteiger partial charge in [0.2, 0.25) is 10.0 Å². The molecule has 2 aromatic carbocycles. The molecule has 0 amide bonds. The maximum atomic E-state index is 12.2. The van der Waals surface area contributed by atoms with Gasteiger partial charge in [0, 0.05) is 5.56 Å². The number of ether oxygens (including phenoxy) is 1. The lowest BCUT2D eigenvalue weighted by atomic mass is 10.1. The fraction of sp³-hybridized carbons (Fsp3) is 0.278. The SMILES string of the molecule is CC(C)S(=O)(=O)Nc1cc(C(=O)CBr)ccc1OCc1ccccc1. The van der Waals surface area contributed by atoms with Crippen LogP contribution in [0.3, 0.4) is 0 Å². The Labute approximate surface area is 156 Å². The number of sulfonamides is 1. The van der Waals surface area contributed by atoms with E-state index < -0.39 is 15.3 Å². The lowest BCUT2D eigenvalue weighted by Crippen LogP contribution is -2.23. The minimum atomic E-state index is -3.56. The highest BCUT2D eigenvalue weighted by molar-refractivity contribution is 9.09. The summed E-state index contributed by atoms with van der Waals surface area (Å²) < 4.78 is 32.7. The van der Waals surface area contributed by atoms with Gasteiger partial charge in [0.25, 0.3) is 0 Å². The third-order valence-electron chi connectivity index (χ3n) is 3.53. The van der Waals surface area contributed by atoms with E-state index in [4.69, 9.17) is 4.74 Å². The Balaban J connectivity index is 2.32. The number of alkyl halides is 1.